The molecule has 1 aromatic heterocycles. The van der Waals surface area contributed by atoms with Crippen LogP contribution in [0.1, 0.15) is 29.2 Å². The Morgan fingerprint density at radius 2 is 1.94 bits per heavy atom. The molecular weight excluding hydrogens is 462 g/mol. The number of ether oxygens (including phenoxy) is 1. The Labute approximate surface area is 206 Å². The van der Waals surface area contributed by atoms with E-state index in [9.17, 15) is 13.5 Å². The standard InChI is InChI=1S/C27H27N3O4S/c1-29-25-11-10-19(8-9-20-5-4-13-28-17-20)15-24(25)27-23(26(29)18-31)12-14-30(27)35(32,33)22-7-3-6-21(16-22)34-2/h3-7,10-11,13,15-17,23,26-27,31H,12,14,18H2,1-2H3/t23-,26+,27-/m1/s1. The van der Waals surface area contributed by atoms with Crippen LogP contribution in [-0.4, -0.2) is 56.2 Å². The highest BCUT2D eigenvalue weighted by Gasteiger charge is 2.50. The van der Waals surface area contributed by atoms with Gasteiger partial charge in [-0.2, -0.15) is 4.31 Å². The second kappa shape index (κ2) is 9.34. The van der Waals surface area contributed by atoms with E-state index in [0.717, 1.165) is 22.4 Å². The molecular formula is C27H27N3O4S. The fourth-order valence-corrected chi connectivity index (χ4v) is 6.94. The summed E-state index contributed by atoms with van der Waals surface area (Å²) in [7, 11) is -0.320. The maximum absolute atomic E-state index is 13.8. The zero-order chi connectivity index (χ0) is 24.6. The third-order valence-electron chi connectivity index (χ3n) is 6.96. The van der Waals surface area contributed by atoms with Gasteiger partial charge in [-0.05, 0) is 54.4 Å². The third-order valence-corrected chi connectivity index (χ3v) is 8.84. The van der Waals surface area contributed by atoms with Crippen LogP contribution in [0.15, 0.2) is 71.9 Å². The van der Waals surface area contributed by atoms with E-state index in [4.69, 9.17) is 4.74 Å². The molecule has 1 N–H and O–H groups in total. The largest absolute Gasteiger partial charge is 0.497 e. The Hall–Kier alpha value is -3.38. The number of aliphatic hydroxyl groups is 1. The summed E-state index contributed by atoms with van der Waals surface area (Å²) in [4.78, 5) is 6.37. The van der Waals surface area contributed by atoms with Gasteiger partial charge in [0.25, 0.3) is 0 Å². The van der Waals surface area contributed by atoms with Gasteiger partial charge < -0.3 is 14.7 Å². The van der Waals surface area contributed by atoms with Gasteiger partial charge in [-0.1, -0.05) is 17.9 Å². The van der Waals surface area contributed by atoms with Crippen molar-refractivity contribution in [3.63, 3.8) is 0 Å². The molecule has 0 radical (unpaired) electrons. The Balaban J connectivity index is 1.59. The van der Waals surface area contributed by atoms with Crippen LogP contribution >= 0.6 is 0 Å². The predicted molar refractivity (Wildman–Crippen MR) is 134 cm³/mol. The van der Waals surface area contributed by atoms with Crippen LogP contribution in [-0.2, 0) is 10.0 Å². The van der Waals surface area contributed by atoms with Gasteiger partial charge in [-0.3, -0.25) is 4.98 Å². The van der Waals surface area contributed by atoms with Crippen molar-refractivity contribution in [1.29, 1.82) is 0 Å². The molecule has 0 spiro atoms. The summed E-state index contributed by atoms with van der Waals surface area (Å²) in [6, 6.07) is 15.6. The van der Waals surface area contributed by atoms with Crippen molar-refractivity contribution >= 4 is 15.7 Å². The van der Waals surface area contributed by atoms with E-state index in [-0.39, 0.29) is 23.5 Å². The lowest BCUT2D eigenvalue weighted by molar-refractivity contribution is 0.193. The lowest BCUT2D eigenvalue weighted by atomic mass is 9.82. The summed E-state index contributed by atoms with van der Waals surface area (Å²) in [5.74, 6) is 6.77. The number of benzene rings is 2. The second-order valence-corrected chi connectivity index (χ2v) is 10.7. The van der Waals surface area contributed by atoms with Crippen molar-refractivity contribution in [1.82, 2.24) is 9.29 Å². The molecule has 7 nitrogen and oxygen atoms in total. The van der Waals surface area contributed by atoms with E-state index < -0.39 is 16.1 Å². The van der Waals surface area contributed by atoms with E-state index in [1.54, 1.807) is 41.0 Å². The quantitative estimate of drug-likeness (QED) is 0.568. The Morgan fingerprint density at radius 3 is 2.69 bits per heavy atom. The minimum Gasteiger partial charge on any atom is -0.497 e. The number of pyridine rings is 1. The number of hydrogen-bond donors (Lipinski definition) is 1. The normalized spacial score (nSPS) is 21.6. The molecule has 1 fully saturated rings. The summed E-state index contributed by atoms with van der Waals surface area (Å²) < 4.78 is 34.4. The second-order valence-electron chi connectivity index (χ2n) is 8.82. The van der Waals surface area contributed by atoms with E-state index in [2.05, 4.69) is 21.7 Å². The van der Waals surface area contributed by atoms with Crippen molar-refractivity contribution in [2.75, 3.05) is 32.2 Å². The van der Waals surface area contributed by atoms with Crippen LogP contribution in [0.2, 0.25) is 0 Å². The molecule has 3 heterocycles. The Bertz CT molecular complexity index is 1400. The first kappa shape index (κ1) is 23.4. The molecule has 3 atom stereocenters. The number of rotatable bonds is 4. The lowest BCUT2D eigenvalue weighted by Gasteiger charge is -2.44. The third kappa shape index (κ3) is 4.16. The molecule has 0 bridgehead atoms. The van der Waals surface area contributed by atoms with Crippen molar-refractivity contribution in [3.05, 3.63) is 83.7 Å². The van der Waals surface area contributed by atoms with Crippen LogP contribution < -0.4 is 9.64 Å². The fourth-order valence-electron chi connectivity index (χ4n) is 5.24. The van der Waals surface area contributed by atoms with Gasteiger partial charge in [0.1, 0.15) is 5.75 Å². The van der Waals surface area contributed by atoms with Gasteiger partial charge in [0.05, 0.1) is 30.7 Å². The highest BCUT2D eigenvalue weighted by Crippen LogP contribution is 2.50. The minimum atomic E-state index is -3.79. The van der Waals surface area contributed by atoms with Crippen molar-refractivity contribution in [2.45, 2.75) is 23.4 Å². The van der Waals surface area contributed by atoms with Crippen LogP contribution in [0.4, 0.5) is 5.69 Å². The molecule has 0 saturated carbocycles. The number of sulfonamides is 1. The monoisotopic (exact) mass is 489 g/mol. The maximum atomic E-state index is 13.8. The Kier molecular flexibility index (Phi) is 6.24. The summed E-state index contributed by atoms with van der Waals surface area (Å²) in [6.07, 6.45) is 4.07. The molecule has 2 aromatic carbocycles. The maximum Gasteiger partial charge on any atom is 0.243 e. The molecule has 35 heavy (non-hydrogen) atoms. The lowest BCUT2D eigenvalue weighted by Crippen LogP contribution is -2.48. The number of aliphatic hydroxyl groups excluding tert-OH is 1. The molecule has 5 rings (SSSR count). The molecule has 3 aromatic rings. The van der Waals surface area contributed by atoms with Gasteiger partial charge in [0, 0.05) is 54.8 Å². The molecule has 0 amide bonds. The highest BCUT2D eigenvalue weighted by atomic mass is 32.2. The summed E-state index contributed by atoms with van der Waals surface area (Å²) >= 11 is 0. The van der Waals surface area contributed by atoms with Crippen molar-refractivity contribution in [3.8, 4) is 17.6 Å². The van der Waals surface area contributed by atoms with E-state index >= 15 is 0 Å². The molecule has 0 unspecified atom stereocenters. The van der Waals surface area contributed by atoms with Gasteiger partial charge in [0.2, 0.25) is 10.0 Å². The first-order chi connectivity index (χ1) is 16.9. The van der Waals surface area contributed by atoms with Crippen LogP contribution in [0.5, 0.6) is 5.75 Å². The summed E-state index contributed by atoms with van der Waals surface area (Å²) in [5, 5.41) is 10.2. The number of anilines is 1. The first-order valence-corrected chi connectivity index (χ1v) is 12.9. The number of methoxy groups -OCH3 is 1. The predicted octanol–water partition coefficient (Wildman–Crippen LogP) is 3.05. The number of hydrogen-bond acceptors (Lipinski definition) is 6. The summed E-state index contributed by atoms with van der Waals surface area (Å²) in [5.41, 5.74) is 3.42. The average molecular weight is 490 g/mol. The van der Waals surface area contributed by atoms with Gasteiger partial charge in [0.15, 0.2) is 0 Å². The number of aromatic nitrogens is 1. The van der Waals surface area contributed by atoms with Gasteiger partial charge >= 0.3 is 0 Å². The van der Waals surface area contributed by atoms with Crippen molar-refractivity contribution in [2.24, 2.45) is 5.92 Å². The molecule has 0 aliphatic carbocycles. The fraction of sp³-hybridized carbons (Fsp3) is 0.296. The van der Waals surface area contributed by atoms with Crippen LogP contribution in [0.3, 0.4) is 0 Å². The van der Waals surface area contributed by atoms with Gasteiger partial charge in [-0.25, -0.2) is 8.42 Å². The molecule has 2 aliphatic heterocycles. The zero-order valence-corrected chi connectivity index (χ0v) is 20.4. The molecule has 1 saturated heterocycles. The highest BCUT2D eigenvalue weighted by molar-refractivity contribution is 7.89. The first-order valence-electron chi connectivity index (χ1n) is 11.5. The number of nitrogens with zero attached hydrogens (tertiary/aromatic N) is 3. The average Bonchev–Trinajstić information content (AvgIpc) is 3.34. The van der Waals surface area contributed by atoms with E-state index in [0.29, 0.717) is 18.7 Å². The topological polar surface area (TPSA) is 83.0 Å². The van der Waals surface area contributed by atoms with Crippen LogP contribution in [0.25, 0.3) is 0 Å². The minimum absolute atomic E-state index is 0.0422. The molecule has 2 aliphatic rings. The molecule has 8 heteroatoms. The smallest absolute Gasteiger partial charge is 0.243 e. The van der Waals surface area contributed by atoms with E-state index in [1.165, 1.54) is 7.11 Å². The zero-order valence-electron chi connectivity index (χ0n) is 19.6. The number of likely N-dealkylation sites (N-methyl/N-ethyl adjacent to an activating group) is 1. The van der Waals surface area contributed by atoms with Crippen molar-refractivity contribution < 1.29 is 18.3 Å². The summed E-state index contributed by atoms with van der Waals surface area (Å²) in [6.45, 7) is 0.330. The SMILES string of the molecule is COc1cccc(S(=O)(=O)N2CC[C@@H]3[C@H](CO)N(C)c4ccc(C#Cc5cccnc5)cc4[C@@H]32)c1. The number of fused-ring (bicyclic) bond motifs is 3. The Morgan fingerprint density at radius 1 is 1.11 bits per heavy atom. The van der Waals surface area contributed by atoms with Crippen LogP contribution in [0, 0.1) is 17.8 Å². The molecule has 180 valence electrons. The van der Waals surface area contributed by atoms with Gasteiger partial charge in [-0.15, -0.1) is 0 Å². The van der Waals surface area contributed by atoms with E-state index in [1.807, 2.05) is 37.4 Å².